The SMILES string of the molecule is COCC1CCCN1CCCc1ccc(N(Cc2ccc(O)cc2Cl)S(=O)(=O)c2c(C)cc(C)cc2C)cc1. The van der Waals surface area contributed by atoms with Gasteiger partial charge in [-0.1, -0.05) is 47.5 Å². The Kier molecular flexibility index (Phi) is 9.60. The molecular formula is C31H39ClN2O4S. The third kappa shape index (κ3) is 6.95. The van der Waals surface area contributed by atoms with Gasteiger partial charge in [-0.05, 0) is 106 Å². The number of ether oxygens (including phenoxy) is 1. The summed E-state index contributed by atoms with van der Waals surface area (Å²) in [6, 6.07) is 16.7. The van der Waals surface area contributed by atoms with Gasteiger partial charge in [-0.25, -0.2) is 8.42 Å². The molecule has 0 spiro atoms. The van der Waals surface area contributed by atoms with Crippen LogP contribution in [0.3, 0.4) is 0 Å². The fourth-order valence-electron chi connectivity index (χ4n) is 5.70. The fourth-order valence-corrected chi connectivity index (χ4v) is 7.80. The number of sulfonamides is 1. The summed E-state index contributed by atoms with van der Waals surface area (Å²) < 4.78 is 35.1. The first kappa shape index (κ1) is 29.4. The molecule has 1 aliphatic rings. The Bertz CT molecular complexity index is 1370. The van der Waals surface area contributed by atoms with Gasteiger partial charge in [0.2, 0.25) is 0 Å². The number of hydrogen-bond donors (Lipinski definition) is 1. The molecule has 0 amide bonds. The maximum atomic E-state index is 14.2. The molecule has 4 rings (SSSR count). The summed E-state index contributed by atoms with van der Waals surface area (Å²) in [5.41, 5.74) is 4.79. The van der Waals surface area contributed by atoms with Crippen LogP contribution in [0.15, 0.2) is 59.5 Å². The Labute approximate surface area is 238 Å². The van der Waals surface area contributed by atoms with Crippen LogP contribution in [-0.2, 0) is 27.7 Å². The van der Waals surface area contributed by atoms with E-state index in [-0.39, 0.29) is 12.3 Å². The molecule has 1 saturated heterocycles. The molecule has 1 fully saturated rings. The quantitative estimate of drug-likeness (QED) is 0.288. The molecule has 0 aliphatic carbocycles. The van der Waals surface area contributed by atoms with E-state index in [2.05, 4.69) is 4.90 Å². The molecule has 0 aromatic heterocycles. The molecule has 1 aliphatic heterocycles. The van der Waals surface area contributed by atoms with Gasteiger partial charge in [0.05, 0.1) is 23.7 Å². The van der Waals surface area contributed by atoms with Gasteiger partial charge in [-0.2, -0.15) is 0 Å². The van der Waals surface area contributed by atoms with Gasteiger partial charge in [0.15, 0.2) is 0 Å². The molecule has 1 N–H and O–H groups in total. The van der Waals surface area contributed by atoms with Crippen molar-refractivity contribution < 1.29 is 18.3 Å². The lowest BCUT2D eigenvalue weighted by molar-refractivity contribution is 0.115. The number of benzene rings is 3. The average Bonchev–Trinajstić information content (AvgIpc) is 3.30. The Morgan fingerprint density at radius 3 is 2.38 bits per heavy atom. The molecule has 8 heteroatoms. The van der Waals surface area contributed by atoms with Crippen LogP contribution in [-0.4, -0.2) is 51.3 Å². The van der Waals surface area contributed by atoms with Crippen molar-refractivity contribution >= 4 is 27.3 Å². The number of nitrogens with zero attached hydrogens (tertiary/aromatic N) is 2. The third-order valence-corrected chi connectivity index (χ3v) is 9.93. The first-order valence-corrected chi connectivity index (χ1v) is 15.3. The molecule has 3 aromatic rings. The van der Waals surface area contributed by atoms with Gasteiger partial charge in [0.25, 0.3) is 10.0 Å². The molecule has 0 bridgehead atoms. The maximum Gasteiger partial charge on any atom is 0.265 e. The maximum absolute atomic E-state index is 14.2. The zero-order valence-corrected chi connectivity index (χ0v) is 24.9. The first-order valence-electron chi connectivity index (χ1n) is 13.5. The number of aromatic hydroxyl groups is 1. The van der Waals surface area contributed by atoms with Crippen LogP contribution in [0.5, 0.6) is 5.75 Å². The van der Waals surface area contributed by atoms with Crippen molar-refractivity contribution in [1.29, 1.82) is 0 Å². The number of phenols is 1. The number of likely N-dealkylation sites (tertiary alicyclic amines) is 1. The molecule has 6 nitrogen and oxygen atoms in total. The van der Waals surface area contributed by atoms with Crippen LogP contribution in [0.2, 0.25) is 5.02 Å². The summed E-state index contributed by atoms with van der Waals surface area (Å²) in [7, 11) is -2.15. The molecule has 0 saturated carbocycles. The molecular weight excluding hydrogens is 532 g/mol. The lowest BCUT2D eigenvalue weighted by Gasteiger charge is -2.27. The Hall–Kier alpha value is -2.58. The topological polar surface area (TPSA) is 70.1 Å². The highest BCUT2D eigenvalue weighted by Crippen LogP contribution is 2.33. The number of halogens is 1. The predicted molar refractivity (Wildman–Crippen MR) is 158 cm³/mol. The van der Waals surface area contributed by atoms with E-state index in [0.29, 0.717) is 38.3 Å². The van der Waals surface area contributed by atoms with Crippen molar-refractivity contribution in [2.24, 2.45) is 0 Å². The van der Waals surface area contributed by atoms with E-state index in [9.17, 15) is 13.5 Å². The minimum atomic E-state index is -3.92. The van der Waals surface area contributed by atoms with E-state index in [1.807, 2.05) is 57.2 Å². The smallest absolute Gasteiger partial charge is 0.265 e. The number of methoxy groups -OCH3 is 1. The van der Waals surface area contributed by atoms with E-state index in [4.69, 9.17) is 16.3 Å². The van der Waals surface area contributed by atoms with Crippen molar-refractivity contribution in [2.75, 3.05) is 31.1 Å². The second-order valence-corrected chi connectivity index (χ2v) is 12.8. The van der Waals surface area contributed by atoms with Crippen molar-refractivity contribution in [2.45, 2.75) is 63.9 Å². The minimum Gasteiger partial charge on any atom is -0.508 e. The Morgan fingerprint density at radius 1 is 1.05 bits per heavy atom. The number of hydrogen-bond acceptors (Lipinski definition) is 5. The molecule has 1 unspecified atom stereocenters. The van der Waals surface area contributed by atoms with Gasteiger partial charge in [0, 0.05) is 18.2 Å². The largest absolute Gasteiger partial charge is 0.508 e. The van der Waals surface area contributed by atoms with Crippen molar-refractivity contribution in [1.82, 2.24) is 4.90 Å². The second-order valence-electron chi connectivity index (χ2n) is 10.6. The Balaban J connectivity index is 1.59. The average molecular weight is 571 g/mol. The van der Waals surface area contributed by atoms with Crippen molar-refractivity contribution in [3.05, 3.63) is 87.4 Å². The van der Waals surface area contributed by atoms with Crippen LogP contribution >= 0.6 is 11.6 Å². The number of phenolic OH excluding ortho intramolecular Hbond substituents is 1. The molecule has 1 heterocycles. The second kappa shape index (κ2) is 12.7. The highest BCUT2D eigenvalue weighted by atomic mass is 35.5. The highest BCUT2D eigenvalue weighted by Gasteiger charge is 2.29. The first-order chi connectivity index (χ1) is 18.6. The number of anilines is 1. The number of aryl methyl sites for hydroxylation is 4. The summed E-state index contributed by atoms with van der Waals surface area (Å²) in [5.74, 6) is 0.0372. The normalized spacial score (nSPS) is 16.1. The third-order valence-electron chi connectivity index (χ3n) is 7.50. The zero-order chi connectivity index (χ0) is 28.2. The van der Waals surface area contributed by atoms with Gasteiger partial charge < -0.3 is 9.84 Å². The summed E-state index contributed by atoms with van der Waals surface area (Å²) in [6.45, 7) is 8.61. The van der Waals surface area contributed by atoms with Gasteiger partial charge in [-0.15, -0.1) is 0 Å². The van der Waals surface area contributed by atoms with E-state index in [1.54, 1.807) is 13.2 Å². The van der Waals surface area contributed by atoms with Crippen LogP contribution in [0.25, 0.3) is 0 Å². The minimum absolute atomic E-state index is 0.0372. The molecule has 3 aromatic carbocycles. The van der Waals surface area contributed by atoms with Crippen LogP contribution in [0.4, 0.5) is 5.69 Å². The standard InChI is InChI=1S/C31H39ClN2O4S/c1-22-17-23(2)31(24(3)18-22)39(36,37)34(20-26-11-14-29(35)19-30(26)32)27-12-9-25(10-13-27)7-5-15-33-16-6-8-28(33)21-38-4/h9-14,17-19,28,35H,5-8,15-16,20-21H2,1-4H3. The van der Waals surface area contributed by atoms with Gasteiger partial charge in [-0.3, -0.25) is 9.21 Å². The van der Waals surface area contributed by atoms with E-state index >= 15 is 0 Å². The molecule has 39 heavy (non-hydrogen) atoms. The monoisotopic (exact) mass is 570 g/mol. The summed E-state index contributed by atoms with van der Waals surface area (Å²) >= 11 is 6.41. The van der Waals surface area contributed by atoms with E-state index in [0.717, 1.165) is 38.1 Å². The predicted octanol–water partition coefficient (Wildman–Crippen LogP) is 6.41. The van der Waals surface area contributed by atoms with Crippen molar-refractivity contribution in [3.8, 4) is 5.75 Å². The van der Waals surface area contributed by atoms with Crippen LogP contribution in [0.1, 0.15) is 47.1 Å². The lowest BCUT2D eigenvalue weighted by atomic mass is 10.1. The van der Waals surface area contributed by atoms with Gasteiger partial charge >= 0.3 is 0 Å². The lowest BCUT2D eigenvalue weighted by Crippen LogP contribution is -2.33. The zero-order valence-electron chi connectivity index (χ0n) is 23.3. The van der Waals surface area contributed by atoms with Crippen molar-refractivity contribution in [3.63, 3.8) is 0 Å². The highest BCUT2D eigenvalue weighted by molar-refractivity contribution is 7.92. The Morgan fingerprint density at radius 2 is 1.74 bits per heavy atom. The van der Waals surface area contributed by atoms with Crippen LogP contribution < -0.4 is 4.31 Å². The summed E-state index contributed by atoms with van der Waals surface area (Å²) in [6.07, 6.45) is 4.37. The number of rotatable bonds is 11. The molecule has 210 valence electrons. The van der Waals surface area contributed by atoms with Crippen LogP contribution in [0, 0.1) is 20.8 Å². The van der Waals surface area contributed by atoms with E-state index in [1.165, 1.54) is 34.8 Å². The fraction of sp³-hybridized carbons (Fsp3) is 0.419. The summed E-state index contributed by atoms with van der Waals surface area (Å²) in [4.78, 5) is 2.82. The summed E-state index contributed by atoms with van der Waals surface area (Å²) in [5, 5.41) is 10.1. The van der Waals surface area contributed by atoms with Gasteiger partial charge in [0.1, 0.15) is 5.75 Å². The van der Waals surface area contributed by atoms with E-state index < -0.39 is 10.0 Å². The molecule has 0 radical (unpaired) electrons. The molecule has 1 atom stereocenters.